The van der Waals surface area contributed by atoms with Crippen molar-refractivity contribution in [2.24, 2.45) is 5.41 Å². The standard InChI is InChI=1S/C19H33N3O2/c1-2-24-17-13-16(19(17)9-3-4-10-19)21-18(23)20-14-7-11-22(12-8-14)15-5-6-15/h14-17H,2-13H2,1H3,(H2,20,21,23)/t16-,17-/m1/s1. The number of hydrogen-bond acceptors (Lipinski definition) is 3. The number of nitrogens with one attached hydrogen (secondary N) is 2. The van der Waals surface area contributed by atoms with Gasteiger partial charge < -0.3 is 20.3 Å². The molecule has 2 N–H and O–H groups in total. The number of likely N-dealkylation sites (tertiary alicyclic amines) is 1. The van der Waals surface area contributed by atoms with Crippen molar-refractivity contribution in [3.05, 3.63) is 0 Å². The van der Waals surface area contributed by atoms with E-state index in [2.05, 4.69) is 22.5 Å². The Morgan fingerprint density at radius 3 is 2.46 bits per heavy atom. The summed E-state index contributed by atoms with van der Waals surface area (Å²) in [7, 11) is 0. The van der Waals surface area contributed by atoms with Crippen molar-refractivity contribution < 1.29 is 9.53 Å². The summed E-state index contributed by atoms with van der Waals surface area (Å²) < 4.78 is 5.94. The average Bonchev–Trinajstić information content (AvgIpc) is 3.29. The second-order valence-corrected chi connectivity index (χ2v) is 8.33. The minimum absolute atomic E-state index is 0.0473. The Morgan fingerprint density at radius 2 is 1.83 bits per heavy atom. The molecule has 4 fully saturated rings. The molecule has 5 nitrogen and oxygen atoms in total. The highest BCUT2D eigenvalue weighted by atomic mass is 16.5. The van der Waals surface area contributed by atoms with Gasteiger partial charge in [-0.25, -0.2) is 4.79 Å². The highest BCUT2D eigenvalue weighted by Gasteiger charge is 2.57. The zero-order chi connectivity index (χ0) is 16.6. The van der Waals surface area contributed by atoms with Crippen LogP contribution < -0.4 is 10.6 Å². The minimum atomic E-state index is 0.0473. The quantitative estimate of drug-likeness (QED) is 0.812. The first-order valence-corrected chi connectivity index (χ1v) is 10.1. The maximum absolute atomic E-state index is 12.5. The van der Waals surface area contributed by atoms with E-state index < -0.39 is 0 Å². The van der Waals surface area contributed by atoms with E-state index in [9.17, 15) is 4.79 Å². The summed E-state index contributed by atoms with van der Waals surface area (Å²) >= 11 is 0. The van der Waals surface area contributed by atoms with E-state index in [1.807, 2.05) is 0 Å². The molecule has 0 aromatic rings. The predicted octanol–water partition coefficient (Wildman–Crippen LogP) is 2.65. The lowest BCUT2D eigenvalue weighted by Gasteiger charge is -2.54. The first kappa shape index (κ1) is 16.6. The number of rotatable bonds is 5. The van der Waals surface area contributed by atoms with Crippen molar-refractivity contribution in [1.29, 1.82) is 0 Å². The van der Waals surface area contributed by atoms with E-state index in [0.29, 0.717) is 18.2 Å². The second-order valence-electron chi connectivity index (χ2n) is 8.33. The molecule has 0 bridgehead atoms. The van der Waals surface area contributed by atoms with Crippen molar-refractivity contribution in [3.8, 4) is 0 Å². The van der Waals surface area contributed by atoms with Gasteiger partial charge in [0.25, 0.3) is 0 Å². The molecular weight excluding hydrogens is 302 g/mol. The van der Waals surface area contributed by atoms with Crippen LogP contribution in [0, 0.1) is 5.41 Å². The molecule has 24 heavy (non-hydrogen) atoms. The highest BCUT2D eigenvalue weighted by molar-refractivity contribution is 5.75. The molecule has 1 saturated heterocycles. The van der Waals surface area contributed by atoms with Crippen LogP contribution >= 0.6 is 0 Å². The van der Waals surface area contributed by atoms with E-state index >= 15 is 0 Å². The smallest absolute Gasteiger partial charge is 0.315 e. The first-order chi connectivity index (χ1) is 11.7. The van der Waals surface area contributed by atoms with E-state index in [-0.39, 0.29) is 11.4 Å². The number of hydrogen-bond donors (Lipinski definition) is 2. The van der Waals surface area contributed by atoms with Gasteiger partial charge in [0.05, 0.1) is 6.10 Å². The Kier molecular flexibility index (Phi) is 4.74. The van der Waals surface area contributed by atoms with Gasteiger partial charge in [-0.05, 0) is 51.9 Å². The van der Waals surface area contributed by atoms with Crippen LogP contribution in [0.5, 0.6) is 0 Å². The fourth-order valence-electron chi connectivity index (χ4n) is 5.32. The lowest BCUT2D eigenvalue weighted by atomic mass is 9.60. The molecule has 2 amide bonds. The van der Waals surface area contributed by atoms with Crippen LogP contribution in [-0.2, 0) is 4.74 Å². The van der Waals surface area contributed by atoms with Crippen LogP contribution in [0.3, 0.4) is 0 Å². The monoisotopic (exact) mass is 335 g/mol. The summed E-state index contributed by atoms with van der Waals surface area (Å²) in [6.45, 7) is 5.15. The highest BCUT2D eigenvalue weighted by Crippen LogP contribution is 2.54. The third-order valence-corrected chi connectivity index (χ3v) is 6.92. The number of ether oxygens (including phenoxy) is 1. The Labute approximate surface area is 145 Å². The normalized spacial score (nSPS) is 33.4. The molecule has 3 saturated carbocycles. The minimum Gasteiger partial charge on any atom is -0.378 e. The molecule has 0 radical (unpaired) electrons. The number of nitrogens with zero attached hydrogens (tertiary/aromatic N) is 1. The fourth-order valence-corrected chi connectivity index (χ4v) is 5.32. The predicted molar refractivity (Wildman–Crippen MR) is 94.0 cm³/mol. The number of carbonyl (C=O) groups excluding carboxylic acids is 1. The SMILES string of the molecule is CCO[C@@H]1C[C@@H](NC(=O)NC2CCN(C3CC3)CC2)C12CCCC2. The van der Waals surface area contributed by atoms with Gasteiger partial charge in [-0.1, -0.05) is 12.8 Å². The number of carbonyl (C=O) groups is 1. The van der Waals surface area contributed by atoms with Crippen LogP contribution in [0.1, 0.15) is 64.7 Å². The third-order valence-electron chi connectivity index (χ3n) is 6.92. The van der Waals surface area contributed by atoms with Crippen LogP contribution in [0.2, 0.25) is 0 Å². The van der Waals surface area contributed by atoms with E-state index in [1.54, 1.807) is 0 Å². The van der Waals surface area contributed by atoms with Crippen LogP contribution in [0.25, 0.3) is 0 Å². The molecular formula is C19H33N3O2. The molecule has 1 spiro atoms. The maximum atomic E-state index is 12.5. The van der Waals surface area contributed by atoms with Gasteiger partial charge in [0.1, 0.15) is 0 Å². The summed E-state index contributed by atoms with van der Waals surface area (Å²) in [5, 5.41) is 6.52. The van der Waals surface area contributed by atoms with Crippen molar-refractivity contribution >= 4 is 6.03 Å². The molecule has 5 heteroatoms. The molecule has 4 rings (SSSR count). The largest absolute Gasteiger partial charge is 0.378 e. The Bertz CT molecular complexity index is 452. The van der Waals surface area contributed by atoms with Crippen molar-refractivity contribution in [3.63, 3.8) is 0 Å². The molecule has 0 unspecified atom stereocenters. The van der Waals surface area contributed by atoms with Gasteiger partial charge in [0.2, 0.25) is 0 Å². The number of piperidine rings is 1. The summed E-state index contributed by atoms with van der Waals surface area (Å²) in [6.07, 6.45) is 11.3. The van der Waals surface area contributed by atoms with Crippen molar-refractivity contribution in [2.75, 3.05) is 19.7 Å². The van der Waals surface area contributed by atoms with Crippen LogP contribution in [0.15, 0.2) is 0 Å². The summed E-state index contributed by atoms with van der Waals surface area (Å²) in [5.74, 6) is 0. The molecule has 0 aromatic carbocycles. The van der Waals surface area contributed by atoms with E-state index in [0.717, 1.165) is 45.0 Å². The topological polar surface area (TPSA) is 53.6 Å². The van der Waals surface area contributed by atoms with Crippen molar-refractivity contribution in [1.82, 2.24) is 15.5 Å². The molecule has 1 aliphatic heterocycles. The van der Waals surface area contributed by atoms with E-state index in [4.69, 9.17) is 4.74 Å². The zero-order valence-corrected chi connectivity index (χ0v) is 15.1. The van der Waals surface area contributed by atoms with Crippen molar-refractivity contribution in [2.45, 2.75) is 88.9 Å². The van der Waals surface area contributed by atoms with Gasteiger partial charge in [0.15, 0.2) is 0 Å². The maximum Gasteiger partial charge on any atom is 0.315 e. The Balaban J connectivity index is 1.24. The fraction of sp³-hybridized carbons (Fsp3) is 0.947. The molecule has 1 heterocycles. The Morgan fingerprint density at radius 1 is 1.12 bits per heavy atom. The number of urea groups is 1. The molecule has 4 aliphatic rings. The average molecular weight is 335 g/mol. The molecule has 2 atom stereocenters. The summed E-state index contributed by atoms with van der Waals surface area (Å²) in [6, 6.07) is 1.56. The number of amides is 2. The van der Waals surface area contributed by atoms with Crippen LogP contribution in [-0.4, -0.2) is 54.9 Å². The van der Waals surface area contributed by atoms with Crippen LogP contribution in [0.4, 0.5) is 4.79 Å². The summed E-state index contributed by atoms with van der Waals surface area (Å²) in [5.41, 5.74) is 0.225. The van der Waals surface area contributed by atoms with Gasteiger partial charge in [-0.15, -0.1) is 0 Å². The Hall–Kier alpha value is -0.810. The van der Waals surface area contributed by atoms with Gasteiger partial charge in [-0.3, -0.25) is 0 Å². The first-order valence-electron chi connectivity index (χ1n) is 10.1. The lowest BCUT2D eigenvalue weighted by molar-refractivity contribution is -0.126. The van der Waals surface area contributed by atoms with E-state index in [1.165, 1.54) is 38.5 Å². The zero-order valence-electron chi connectivity index (χ0n) is 15.1. The summed E-state index contributed by atoms with van der Waals surface area (Å²) in [4.78, 5) is 15.1. The van der Waals surface area contributed by atoms with Gasteiger partial charge >= 0.3 is 6.03 Å². The molecule has 0 aromatic heterocycles. The van der Waals surface area contributed by atoms with Gasteiger partial charge in [0, 0.05) is 43.2 Å². The van der Waals surface area contributed by atoms with Gasteiger partial charge in [-0.2, -0.15) is 0 Å². The second kappa shape index (κ2) is 6.83. The molecule has 3 aliphatic carbocycles. The lowest BCUT2D eigenvalue weighted by Crippen LogP contribution is -2.65. The molecule has 136 valence electrons. The third kappa shape index (κ3) is 3.17.